The quantitative estimate of drug-likeness (QED) is 0.569. The summed E-state index contributed by atoms with van der Waals surface area (Å²) >= 11 is 0. The number of nitrogens with zero attached hydrogens (tertiary/aromatic N) is 1. The van der Waals surface area contributed by atoms with Gasteiger partial charge in [0.1, 0.15) is 0 Å². The summed E-state index contributed by atoms with van der Waals surface area (Å²) in [6.45, 7) is 4.88. The van der Waals surface area contributed by atoms with Gasteiger partial charge in [0.25, 0.3) is 0 Å². The Morgan fingerprint density at radius 3 is 2.64 bits per heavy atom. The standard InChI is InChI=1S/C29H44N2O2/c1-28(33)11-9-19-17(14-28)7-8-21-20(19)10-12-29(2)26(21)22-13-23(22)27(29)25(32)16-31-15-18-5-3-4-6-24(18)30/h15,17,19-23,26-27,33H,3-14,16,30H2,1-2H3/t17-,19+,20-,21-,22-,23+,26-,27-,28-,29+/m1/s1. The number of aliphatic imine (C=N–C) groups is 1. The van der Waals surface area contributed by atoms with Gasteiger partial charge in [0.05, 0.1) is 12.1 Å². The minimum Gasteiger partial charge on any atom is -0.402 e. The minimum atomic E-state index is -0.442. The molecular weight excluding hydrogens is 408 g/mol. The molecule has 0 saturated heterocycles. The first-order valence-electron chi connectivity index (χ1n) is 14.0. The van der Waals surface area contributed by atoms with E-state index in [1.54, 1.807) is 0 Å². The molecule has 0 aromatic rings. The summed E-state index contributed by atoms with van der Waals surface area (Å²) < 4.78 is 0. The second-order valence-corrected chi connectivity index (χ2v) is 13.4. The number of hydrogen-bond donors (Lipinski definition) is 2. The largest absolute Gasteiger partial charge is 0.402 e. The molecule has 6 rings (SSSR count). The smallest absolute Gasteiger partial charge is 0.158 e. The zero-order valence-corrected chi connectivity index (χ0v) is 20.8. The van der Waals surface area contributed by atoms with E-state index in [0.717, 1.165) is 72.5 Å². The molecule has 10 atom stereocenters. The Balaban J connectivity index is 1.16. The van der Waals surface area contributed by atoms with Crippen molar-refractivity contribution >= 4 is 12.0 Å². The van der Waals surface area contributed by atoms with Crippen molar-refractivity contribution in [2.24, 2.45) is 63.5 Å². The molecule has 33 heavy (non-hydrogen) atoms. The normalized spacial score (nSPS) is 51.0. The Hall–Kier alpha value is -1.16. The summed E-state index contributed by atoms with van der Waals surface area (Å²) in [5.41, 5.74) is 8.06. The molecule has 6 aliphatic carbocycles. The van der Waals surface area contributed by atoms with Crippen molar-refractivity contribution < 1.29 is 9.90 Å². The van der Waals surface area contributed by atoms with Gasteiger partial charge in [0.2, 0.25) is 0 Å². The Bertz CT molecular complexity index is 875. The van der Waals surface area contributed by atoms with E-state index < -0.39 is 5.60 Å². The fourth-order valence-electron chi connectivity index (χ4n) is 10.1. The summed E-state index contributed by atoms with van der Waals surface area (Å²) in [7, 11) is 0. The van der Waals surface area contributed by atoms with Crippen LogP contribution in [-0.4, -0.2) is 29.3 Å². The Morgan fingerprint density at radius 2 is 1.82 bits per heavy atom. The first kappa shape index (κ1) is 22.3. The van der Waals surface area contributed by atoms with Crippen molar-refractivity contribution in [1.82, 2.24) is 0 Å². The van der Waals surface area contributed by atoms with E-state index >= 15 is 0 Å². The fraction of sp³-hybridized carbons (Fsp3) is 0.862. The van der Waals surface area contributed by atoms with E-state index in [2.05, 4.69) is 18.8 Å². The third-order valence-corrected chi connectivity index (χ3v) is 11.4. The molecule has 0 amide bonds. The van der Waals surface area contributed by atoms with Crippen molar-refractivity contribution in [2.75, 3.05) is 6.54 Å². The van der Waals surface area contributed by atoms with Crippen LogP contribution in [0.25, 0.3) is 0 Å². The zero-order chi connectivity index (χ0) is 23.0. The maximum atomic E-state index is 13.5. The number of hydrogen-bond acceptors (Lipinski definition) is 4. The number of allylic oxidation sites excluding steroid dienone is 2. The summed E-state index contributed by atoms with van der Waals surface area (Å²) in [5.74, 6) is 6.00. The van der Waals surface area contributed by atoms with Crippen LogP contribution in [0.1, 0.15) is 90.9 Å². The average Bonchev–Trinajstić information content (AvgIpc) is 3.47. The number of nitrogens with two attached hydrogens (primary N) is 1. The van der Waals surface area contributed by atoms with Crippen LogP contribution in [0.4, 0.5) is 0 Å². The molecule has 4 nitrogen and oxygen atoms in total. The highest BCUT2D eigenvalue weighted by Gasteiger charge is 2.70. The highest BCUT2D eigenvalue weighted by atomic mass is 16.3. The molecule has 3 N–H and O–H groups in total. The molecule has 0 bridgehead atoms. The number of aliphatic hydroxyl groups is 1. The third-order valence-electron chi connectivity index (χ3n) is 11.4. The van der Waals surface area contributed by atoms with E-state index in [-0.39, 0.29) is 11.3 Å². The lowest BCUT2D eigenvalue weighted by Gasteiger charge is -2.57. The van der Waals surface area contributed by atoms with Crippen LogP contribution in [0.2, 0.25) is 0 Å². The van der Waals surface area contributed by atoms with Crippen molar-refractivity contribution in [3.8, 4) is 0 Å². The lowest BCUT2D eigenvalue weighted by Crippen LogP contribution is -2.52. The van der Waals surface area contributed by atoms with Crippen LogP contribution in [0.5, 0.6) is 0 Å². The first-order chi connectivity index (χ1) is 15.8. The van der Waals surface area contributed by atoms with Crippen LogP contribution in [-0.2, 0) is 4.79 Å². The number of Topliss-reactive ketones (excluding diaryl/α,β-unsaturated/α-hetero) is 1. The molecule has 0 spiro atoms. The van der Waals surface area contributed by atoms with Crippen molar-refractivity contribution in [3.05, 3.63) is 11.3 Å². The van der Waals surface area contributed by atoms with Gasteiger partial charge in [-0.05, 0) is 136 Å². The molecule has 182 valence electrons. The third kappa shape index (κ3) is 3.65. The van der Waals surface area contributed by atoms with Crippen LogP contribution in [0.3, 0.4) is 0 Å². The number of carbonyl (C=O) groups excluding carboxylic acids is 1. The van der Waals surface area contributed by atoms with Gasteiger partial charge in [-0.3, -0.25) is 9.79 Å². The molecule has 0 radical (unpaired) electrons. The Morgan fingerprint density at radius 1 is 1.03 bits per heavy atom. The predicted octanol–water partition coefficient (Wildman–Crippen LogP) is 5.29. The summed E-state index contributed by atoms with van der Waals surface area (Å²) in [5, 5.41) is 10.7. The van der Waals surface area contributed by atoms with Gasteiger partial charge >= 0.3 is 0 Å². The lowest BCUT2D eigenvalue weighted by molar-refractivity contribution is -0.134. The van der Waals surface area contributed by atoms with Crippen LogP contribution in [0, 0.1) is 52.8 Å². The molecule has 6 aliphatic rings. The number of fused-ring (bicyclic) bond motifs is 7. The molecule has 0 aliphatic heterocycles. The van der Waals surface area contributed by atoms with Gasteiger partial charge < -0.3 is 10.8 Å². The lowest BCUT2D eigenvalue weighted by atomic mass is 9.48. The Labute approximate surface area is 199 Å². The topological polar surface area (TPSA) is 75.7 Å². The van der Waals surface area contributed by atoms with E-state index in [1.807, 2.05) is 6.21 Å². The van der Waals surface area contributed by atoms with Gasteiger partial charge in [-0.2, -0.15) is 0 Å². The average molecular weight is 453 g/mol. The highest BCUT2D eigenvalue weighted by Crippen LogP contribution is 2.74. The van der Waals surface area contributed by atoms with Gasteiger partial charge in [-0.15, -0.1) is 0 Å². The van der Waals surface area contributed by atoms with E-state index in [9.17, 15) is 9.90 Å². The molecule has 4 heteroatoms. The van der Waals surface area contributed by atoms with Gasteiger partial charge in [-0.1, -0.05) is 6.92 Å². The number of ketones is 1. The molecule has 0 aromatic carbocycles. The van der Waals surface area contributed by atoms with Crippen molar-refractivity contribution in [3.63, 3.8) is 0 Å². The zero-order valence-electron chi connectivity index (χ0n) is 20.8. The maximum Gasteiger partial charge on any atom is 0.158 e. The van der Waals surface area contributed by atoms with E-state index in [1.165, 1.54) is 51.4 Å². The van der Waals surface area contributed by atoms with Gasteiger partial charge in [0, 0.05) is 17.8 Å². The molecule has 5 fully saturated rings. The second kappa shape index (κ2) is 7.93. The predicted molar refractivity (Wildman–Crippen MR) is 132 cm³/mol. The SMILES string of the molecule is C[C@@]1(O)CC[C@H]2[C@H](CC[C@@H]3[C@@H]2CC[C@@]2(C)[C@H]3[C@@H]3C[C@@H]3[C@@H]2C(=O)CN=CC2=C(N)CCCC2)C1. The monoisotopic (exact) mass is 452 g/mol. The number of carbonyl (C=O) groups is 1. The van der Waals surface area contributed by atoms with Crippen molar-refractivity contribution in [2.45, 2.75) is 96.5 Å². The van der Waals surface area contributed by atoms with Crippen LogP contribution >= 0.6 is 0 Å². The summed E-state index contributed by atoms with van der Waals surface area (Å²) in [6.07, 6.45) is 15.9. The van der Waals surface area contributed by atoms with E-state index in [0.29, 0.717) is 18.2 Å². The number of rotatable bonds is 4. The molecule has 5 saturated carbocycles. The molecule has 0 unspecified atom stereocenters. The van der Waals surface area contributed by atoms with Crippen LogP contribution in [0.15, 0.2) is 16.3 Å². The Kier molecular flexibility index (Phi) is 5.36. The minimum absolute atomic E-state index is 0.192. The maximum absolute atomic E-state index is 13.5. The first-order valence-corrected chi connectivity index (χ1v) is 14.0. The molecular formula is C29H44N2O2. The van der Waals surface area contributed by atoms with E-state index in [4.69, 9.17) is 5.73 Å². The summed E-state index contributed by atoms with van der Waals surface area (Å²) in [6, 6.07) is 0. The second-order valence-electron chi connectivity index (χ2n) is 13.4. The van der Waals surface area contributed by atoms with Gasteiger partial charge in [-0.25, -0.2) is 0 Å². The summed E-state index contributed by atoms with van der Waals surface area (Å²) in [4.78, 5) is 18.2. The molecule has 0 heterocycles. The van der Waals surface area contributed by atoms with Crippen LogP contribution < -0.4 is 5.73 Å². The highest BCUT2D eigenvalue weighted by molar-refractivity contribution is 5.88. The molecule has 0 aromatic heterocycles. The van der Waals surface area contributed by atoms with Crippen molar-refractivity contribution in [1.29, 1.82) is 0 Å². The fourth-order valence-corrected chi connectivity index (χ4v) is 10.1. The van der Waals surface area contributed by atoms with Gasteiger partial charge in [0.15, 0.2) is 5.78 Å².